The van der Waals surface area contributed by atoms with E-state index in [2.05, 4.69) is 10.5 Å². The number of hydrogen-bond donors (Lipinski definition) is 1. The molecular weight excluding hydrogens is 261 g/mol. The molecule has 2 rings (SSSR count). The lowest BCUT2D eigenvalue weighted by atomic mass is 10.1. The van der Waals surface area contributed by atoms with Crippen LogP contribution in [-0.4, -0.2) is 10.6 Å². The normalized spacial score (nSPS) is 11.2. The van der Waals surface area contributed by atoms with Gasteiger partial charge in [0.05, 0.1) is 16.3 Å². The number of rotatable bonds is 4. The van der Waals surface area contributed by atoms with E-state index >= 15 is 0 Å². The molecule has 0 aliphatic rings. The summed E-state index contributed by atoms with van der Waals surface area (Å²) in [5, 5.41) is 14.8. The smallest absolute Gasteiger partial charge is 0.271 e. The first kappa shape index (κ1) is 13.7. The molecule has 0 spiro atoms. The fourth-order valence-electron chi connectivity index (χ4n) is 1.59. The first-order chi connectivity index (χ1) is 9.56. The molecule has 0 aliphatic heterocycles. The fraction of sp³-hybridized carbons (Fsp3) is 0.0714. The van der Waals surface area contributed by atoms with Gasteiger partial charge in [-0.1, -0.05) is 18.2 Å². The summed E-state index contributed by atoms with van der Waals surface area (Å²) < 4.78 is 12.8. The molecular formula is C14H12FN3O2. The Morgan fingerprint density at radius 3 is 2.60 bits per heavy atom. The molecule has 0 amide bonds. The highest BCUT2D eigenvalue weighted by molar-refractivity contribution is 5.99. The van der Waals surface area contributed by atoms with Crippen molar-refractivity contribution in [1.29, 1.82) is 0 Å². The van der Waals surface area contributed by atoms with Crippen LogP contribution in [0.25, 0.3) is 0 Å². The second-order valence-electron chi connectivity index (χ2n) is 4.12. The topological polar surface area (TPSA) is 67.5 Å². The van der Waals surface area contributed by atoms with E-state index in [1.165, 1.54) is 24.3 Å². The zero-order valence-corrected chi connectivity index (χ0v) is 10.7. The van der Waals surface area contributed by atoms with Gasteiger partial charge in [0, 0.05) is 12.1 Å². The van der Waals surface area contributed by atoms with Crippen LogP contribution in [0.15, 0.2) is 53.6 Å². The monoisotopic (exact) mass is 273 g/mol. The molecule has 1 N–H and O–H groups in total. The third kappa shape index (κ3) is 3.38. The highest BCUT2D eigenvalue weighted by Gasteiger charge is 2.05. The van der Waals surface area contributed by atoms with E-state index in [1.54, 1.807) is 31.2 Å². The molecule has 0 fully saturated rings. The molecule has 0 radical (unpaired) electrons. The van der Waals surface area contributed by atoms with E-state index in [1.807, 2.05) is 0 Å². The molecule has 0 heterocycles. The fourth-order valence-corrected chi connectivity index (χ4v) is 1.59. The van der Waals surface area contributed by atoms with Gasteiger partial charge in [-0.3, -0.25) is 15.5 Å². The molecule has 20 heavy (non-hydrogen) atoms. The van der Waals surface area contributed by atoms with Gasteiger partial charge in [-0.05, 0) is 30.7 Å². The predicted molar refractivity (Wildman–Crippen MR) is 75.3 cm³/mol. The molecule has 102 valence electrons. The quantitative estimate of drug-likeness (QED) is 0.526. The summed E-state index contributed by atoms with van der Waals surface area (Å²) in [4.78, 5) is 10.2. The van der Waals surface area contributed by atoms with Crippen molar-refractivity contribution in [3.63, 3.8) is 0 Å². The Hall–Kier alpha value is -2.76. The van der Waals surface area contributed by atoms with Crippen molar-refractivity contribution in [2.75, 3.05) is 5.43 Å². The minimum Gasteiger partial charge on any atom is -0.278 e. The summed E-state index contributed by atoms with van der Waals surface area (Å²) in [6, 6.07) is 12.0. The van der Waals surface area contributed by atoms with Crippen LogP contribution in [0, 0.1) is 15.9 Å². The third-order valence-corrected chi connectivity index (χ3v) is 2.67. The van der Waals surface area contributed by atoms with Crippen LogP contribution in [0.5, 0.6) is 0 Å². The van der Waals surface area contributed by atoms with Crippen LogP contribution in [0.3, 0.4) is 0 Å². The van der Waals surface area contributed by atoms with Crippen LogP contribution in [0.2, 0.25) is 0 Å². The van der Waals surface area contributed by atoms with E-state index in [9.17, 15) is 14.5 Å². The van der Waals surface area contributed by atoms with Crippen molar-refractivity contribution >= 4 is 17.1 Å². The molecule has 2 aromatic carbocycles. The van der Waals surface area contributed by atoms with Crippen molar-refractivity contribution in [3.05, 3.63) is 70.0 Å². The van der Waals surface area contributed by atoms with E-state index in [4.69, 9.17) is 0 Å². The summed E-state index contributed by atoms with van der Waals surface area (Å²) >= 11 is 0. The number of nitro groups is 1. The number of nitrogens with zero attached hydrogens (tertiary/aromatic N) is 2. The van der Waals surface area contributed by atoms with Crippen LogP contribution in [0.1, 0.15) is 12.5 Å². The number of halogens is 1. The molecule has 0 aliphatic carbocycles. The van der Waals surface area contributed by atoms with E-state index in [-0.39, 0.29) is 11.5 Å². The molecule has 0 bridgehead atoms. The van der Waals surface area contributed by atoms with Crippen LogP contribution < -0.4 is 5.43 Å². The van der Waals surface area contributed by atoms with E-state index < -0.39 is 4.92 Å². The highest BCUT2D eigenvalue weighted by Crippen LogP contribution is 2.17. The average molecular weight is 273 g/mol. The second kappa shape index (κ2) is 5.92. The average Bonchev–Trinajstić information content (AvgIpc) is 2.46. The minimum atomic E-state index is -0.471. The SMILES string of the molecule is C/C(=N/Nc1cccc([N+](=O)[O-])c1)c1ccc(F)cc1. The first-order valence-electron chi connectivity index (χ1n) is 5.87. The van der Waals surface area contributed by atoms with Gasteiger partial charge < -0.3 is 0 Å². The van der Waals surface area contributed by atoms with Crippen molar-refractivity contribution in [1.82, 2.24) is 0 Å². The van der Waals surface area contributed by atoms with Crippen molar-refractivity contribution in [3.8, 4) is 0 Å². The van der Waals surface area contributed by atoms with Crippen molar-refractivity contribution in [2.45, 2.75) is 6.92 Å². The highest BCUT2D eigenvalue weighted by atomic mass is 19.1. The molecule has 2 aromatic rings. The van der Waals surface area contributed by atoms with Gasteiger partial charge in [-0.25, -0.2) is 4.39 Å². The van der Waals surface area contributed by atoms with Gasteiger partial charge >= 0.3 is 0 Å². The maximum atomic E-state index is 12.8. The zero-order chi connectivity index (χ0) is 14.5. The van der Waals surface area contributed by atoms with Crippen LogP contribution in [0.4, 0.5) is 15.8 Å². The van der Waals surface area contributed by atoms with E-state index in [0.717, 1.165) is 5.56 Å². The summed E-state index contributed by atoms with van der Waals surface area (Å²) in [6.07, 6.45) is 0. The number of anilines is 1. The van der Waals surface area contributed by atoms with Crippen LogP contribution >= 0.6 is 0 Å². The largest absolute Gasteiger partial charge is 0.278 e. The Labute approximate surface area is 114 Å². The Bertz CT molecular complexity index is 654. The lowest BCUT2D eigenvalue weighted by Gasteiger charge is -2.03. The van der Waals surface area contributed by atoms with Gasteiger partial charge in [0.15, 0.2) is 0 Å². The Morgan fingerprint density at radius 2 is 1.95 bits per heavy atom. The number of hydrazone groups is 1. The summed E-state index contributed by atoms with van der Waals surface area (Å²) in [7, 11) is 0. The van der Waals surface area contributed by atoms with Crippen LogP contribution in [-0.2, 0) is 0 Å². The first-order valence-corrected chi connectivity index (χ1v) is 5.87. The second-order valence-corrected chi connectivity index (χ2v) is 4.12. The number of non-ortho nitro benzene ring substituents is 1. The predicted octanol–water partition coefficient (Wildman–Crippen LogP) is 3.57. The standard InChI is InChI=1S/C14H12FN3O2/c1-10(11-5-7-12(15)8-6-11)16-17-13-3-2-4-14(9-13)18(19)20/h2-9,17H,1H3/b16-10-. The number of benzene rings is 2. The summed E-state index contributed by atoms with van der Waals surface area (Å²) in [5.74, 6) is -0.312. The summed E-state index contributed by atoms with van der Waals surface area (Å²) in [5.41, 5.74) is 4.66. The molecule has 0 aromatic heterocycles. The van der Waals surface area contributed by atoms with Gasteiger partial charge in [-0.2, -0.15) is 5.10 Å². The van der Waals surface area contributed by atoms with Gasteiger partial charge in [0.25, 0.3) is 5.69 Å². The third-order valence-electron chi connectivity index (χ3n) is 2.67. The van der Waals surface area contributed by atoms with Crippen molar-refractivity contribution in [2.24, 2.45) is 5.10 Å². The Balaban J connectivity index is 2.14. The molecule has 0 atom stereocenters. The molecule has 0 unspecified atom stereocenters. The van der Waals surface area contributed by atoms with Gasteiger partial charge in [0.1, 0.15) is 5.82 Å². The lowest BCUT2D eigenvalue weighted by molar-refractivity contribution is -0.384. The maximum absolute atomic E-state index is 12.8. The number of nitrogens with one attached hydrogen (secondary N) is 1. The molecule has 6 heteroatoms. The number of nitro benzene ring substituents is 1. The Kier molecular flexibility index (Phi) is 4.05. The van der Waals surface area contributed by atoms with E-state index in [0.29, 0.717) is 11.4 Å². The Morgan fingerprint density at radius 1 is 1.25 bits per heavy atom. The van der Waals surface area contributed by atoms with Gasteiger partial charge in [0.2, 0.25) is 0 Å². The number of hydrogen-bond acceptors (Lipinski definition) is 4. The minimum absolute atomic E-state index is 0.00960. The molecule has 0 saturated carbocycles. The van der Waals surface area contributed by atoms with Gasteiger partial charge in [-0.15, -0.1) is 0 Å². The summed E-state index contributed by atoms with van der Waals surface area (Å²) in [6.45, 7) is 1.76. The van der Waals surface area contributed by atoms with Crippen molar-refractivity contribution < 1.29 is 9.31 Å². The lowest BCUT2D eigenvalue weighted by Crippen LogP contribution is -2.00. The zero-order valence-electron chi connectivity index (χ0n) is 10.7. The molecule has 0 saturated heterocycles. The maximum Gasteiger partial charge on any atom is 0.271 e. The molecule has 5 nitrogen and oxygen atoms in total.